The molecule has 3 rings (SSSR count). The van der Waals surface area contributed by atoms with Gasteiger partial charge in [0.1, 0.15) is 24.2 Å². The molecule has 2 aromatic rings. The summed E-state index contributed by atoms with van der Waals surface area (Å²) in [6.45, 7) is 1.76. The summed E-state index contributed by atoms with van der Waals surface area (Å²) in [4.78, 5) is 22.7. The number of hydrogen-bond donors (Lipinski definition) is 6. The van der Waals surface area contributed by atoms with Gasteiger partial charge in [-0.1, -0.05) is 6.07 Å². The molecule has 2 aromatic carbocycles. The highest BCUT2D eigenvalue weighted by Crippen LogP contribution is 2.40. The molecular formula is C22H25NO10. The molecule has 1 aliphatic heterocycles. The van der Waals surface area contributed by atoms with Crippen LogP contribution in [0, 0.1) is 0 Å². The Morgan fingerprint density at radius 3 is 2.45 bits per heavy atom. The third kappa shape index (κ3) is 5.45. The number of nitrogens with one attached hydrogen (secondary N) is 1. The molecular weight excluding hydrogens is 438 g/mol. The Morgan fingerprint density at radius 1 is 1.09 bits per heavy atom. The maximum atomic E-state index is 11.3. The van der Waals surface area contributed by atoms with Crippen molar-refractivity contribution in [2.75, 3.05) is 13.2 Å². The number of phenols is 1. The van der Waals surface area contributed by atoms with Gasteiger partial charge in [-0.3, -0.25) is 0 Å². The van der Waals surface area contributed by atoms with E-state index in [1.54, 1.807) is 6.07 Å². The monoisotopic (exact) mass is 463 g/mol. The molecule has 6 N–H and O–H groups in total. The van der Waals surface area contributed by atoms with Crippen molar-refractivity contribution in [1.29, 1.82) is 0 Å². The summed E-state index contributed by atoms with van der Waals surface area (Å²) in [6, 6.07) is 8.95. The lowest BCUT2D eigenvalue weighted by Gasteiger charge is -2.18. The summed E-state index contributed by atoms with van der Waals surface area (Å²) in [6.07, 6.45) is -0.350. The molecule has 0 fully saturated rings. The van der Waals surface area contributed by atoms with Crippen LogP contribution in [-0.4, -0.2) is 68.6 Å². The Bertz CT molecular complexity index is 1010. The molecule has 1 aliphatic rings. The number of carboxylic acid groups (broad SMARTS) is 2. The predicted octanol–water partition coefficient (Wildman–Crippen LogP) is 0.482. The first-order valence-electron chi connectivity index (χ1n) is 10.1. The molecule has 2 atom stereocenters. The molecule has 0 aliphatic carbocycles. The minimum absolute atomic E-state index is 0.00809. The van der Waals surface area contributed by atoms with Gasteiger partial charge >= 0.3 is 17.7 Å². The summed E-state index contributed by atoms with van der Waals surface area (Å²) in [5, 5.41) is 50.4. The Hall–Kier alpha value is -3.54. The predicted molar refractivity (Wildman–Crippen MR) is 112 cm³/mol. The molecule has 2 unspecified atom stereocenters. The molecule has 0 bridgehead atoms. The van der Waals surface area contributed by atoms with Crippen molar-refractivity contribution >= 4 is 11.9 Å². The minimum Gasteiger partial charge on any atom is -0.508 e. The van der Waals surface area contributed by atoms with Gasteiger partial charge in [-0.2, -0.15) is 0 Å². The molecule has 0 aromatic heterocycles. The Balaban J connectivity index is 1.49. The summed E-state index contributed by atoms with van der Waals surface area (Å²) in [5.74, 6) is -5.92. The highest BCUT2D eigenvalue weighted by atomic mass is 16.8. The Morgan fingerprint density at radius 2 is 1.79 bits per heavy atom. The molecule has 11 nitrogen and oxygen atoms in total. The number of benzene rings is 2. The summed E-state index contributed by atoms with van der Waals surface area (Å²) in [7, 11) is 0. The quantitative estimate of drug-likeness (QED) is 0.256. The smallest absolute Gasteiger partial charge is 0.453 e. The molecule has 11 heteroatoms. The fraction of sp³-hybridized carbons (Fsp3) is 0.364. The van der Waals surface area contributed by atoms with E-state index in [9.17, 15) is 35.1 Å². The van der Waals surface area contributed by atoms with Gasteiger partial charge < -0.3 is 45.1 Å². The molecule has 0 saturated heterocycles. The number of aromatic hydroxyl groups is 1. The molecule has 0 radical (unpaired) electrons. The molecule has 33 heavy (non-hydrogen) atoms. The van der Waals surface area contributed by atoms with Gasteiger partial charge in [0.2, 0.25) is 0 Å². The van der Waals surface area contributed by atoms with Crippen molar-refractivity contribution in [3.63, 3.8) is 0 Å². The second kappa shape index (κ2) is 9.94. The van der Waals surface area contributed by atoms with Crippen LogP contribution in [0.3, 0.4) is 0 Å². The first kappa shape index (κ1) is 24.1. The van der Waals surface area contributed by atoms with Crippen LogP contribution in [0.5, 0.6) is 23.0 Å². The molecule has 0 amide bonds. The highest BCUT2D eigenvalue weighted by Gasteiger charge is 2.57. The Labute approximate surface area is 188 Å². The molecule has 178 valence electrons. The summed E-state index contributed by atoms with van der Waals surface area (Å²) in [5.41, 5.74) is 1.07. The zero-order valence-corrected chi connectivity index (χ0v) is 17.7. The van der Waals surface area contributed by atoms with E-state index in [1.807, 2.05) is 6.92 Å². The maximum absolute atomic E-state index is 11.3. The first-order valence-corrected chi connectivity index (χ1v) is 10.1. The van der Waals surface area contributed by atoms with Gasteiger partial charge in [0.05, 0.1) is 6.61 Å². The summed E-state index contributed by atoms with van der Waals surface area (Å²) < 4.78 is 15.6. The number of rotatable bonds is 11. The molecule has 0 spiro atoms. The average molecular weight is 463 g/mol. The van der Waals surface area contributed by atoms with Crippen molar-refractivity contribution < 1.29 is 49.3 Å². The van der Waals surface area contributed by atoms with Crippen LogP contribution in [0.2, 0.25) is 0 Å². The van der Waals surface area contributed by atoms with Crippen molar-refractivity contribution in [2.24, 2.45) is 0 Å². The van der Waals surface area contributed by atoms with Gasteiger partial charge in [-0.25, -0.2) is 9.59 Å². The number of aliphatic hydroxyl groups is 2. The van der Waals surface area contributed by atoms with Crippen LogP contribution in [0.25, 0.3) is 0 Å². The van der Waals surface area contributed by atoms with Crippen LogP contribution >= 0.6 is 0 Å². The van der Waals surface area contributed by atoms with E-state index in [-0.39, 0.29) is 43.0 Å². The van der Waals surface area contributed by atoms with Crippen LogP contribution in [0.4, 0.5) is 0 Å². The SMILES string of the molecule is CC(Cc1ccc2c(c1)OC(C(=O)O)(C(=O)O)O2)NCC(O)COc1ccc(O)c(CO)c1. The molecule has 0 saturated carbocycles. The maximum Gasteiger partial charge on any atom is 0.453 e. The third-order valence-electron chi connectivity index (χ3n) is 4.99. The van der Waals surface area contributed by atoms with Gasteiger partial charge in [-0.15, -0.1) is 0 Å². The van der Waals surface area contributed by atoms with E-state index in [4.69, 9.17) is 14.2 Å². The topological polar surface area (TPSA) is 175 Å². The minimum atomic E-state index is -2.80. The van der Waals surface area contributed by atoms with Crippen molar-refractivity contribution in [3.05, 3.63) is 47.5 Å². The van der Waals surface area contributed by atoms with Gasteiger partial charge in [0.15, 0.2) is 11.5 Å². The number of fused-ring (bicyclic) bond motifs is 1. The van der Waals surface area contributed by atoms with Crippen LogP contribution < -0.4 is 19.5 Å². The average Bonchev–Trinajstić information content (AvgIpc) is 3.18. The van der Waals surface area contributed by atoms with Crippen LogP contribution in [-0.2, 0) is 22.6 Å². The number of hydrogen-bond acceptors (Lipinski definition) is 9. The van der Waals surface area contributed by atoms with Crippen LogP contribution in [0.1, 0.15) is 18.1 Å². The normalized spacial score (nSPS) is 15.6. The van der Waals surface area contributed by atoms with Crippen LogP contribution in [0.15, 0.2) is 36.4 Å². The lowest BCUT2D eigenvalue weighted by molar-refractivity contribution is -0.194. The lowest BCUT2D eigenvalue weighted by atomic mass is 10.1. The number of carboxylic acids is 2. The van der Waals surface area contributed by atoms with Crippen molar-refractivity contribution in [1.82, 2.24) is 5.32 Å². The van der Waals surface area contributed by atoms with Gasteiger partial charge in [0.25, 0.3) is 0 Å². The highest BCUT2D eigenvalue weighted by molar-refractivity contribution is 6.01. The first-order chi connectivity index (χ1) is 15.6. The number of carbonyl (C=O) groups is 2. The van der Waals surface area contributed by atoms with Crippen molar-refractivity contribution in [3.8, 4) is 23.0 Å². The molecule has 1 heterocycles. The standard InChI is InChI=1S/C22H25NO10/c1-12(23-9-15(25)11-31-16-3-4-17(26)14(8-16)10-24)6-13-2-5-18-19(7-13)33-22(32-18,20(27)28)21(29)30/h2-5,7-8,12,15,23-26H,6,9-11H2,1H3,(H,27,28)(H,29,30). The van der Waals surface area contributed by atoms with E-state index < -0.39 is 23.8 Å². The zero-order valence-electron chi connectivity index (χ0n) is 17.7. The zero-order chi connectivity index (χ0) is 24.2. The van der Waals surface area contributed by atoms with E-state index >= 15 is 0 Å². The van der Waals surface area contributed by atoms with Gasteiger partial charge in [0, 0.05) is 18.2 Å². The van der Waals surface area contributed by atoms with Crippen molar-refractivity contribution in [2.45, 2.75) is 37.9 Å². The van der Waals surface area contributed by atoms with E-state index in [0.717, 1.165) is 5.56 Å². The fourth-order valence-corrected chi connectivity index (χ4v) is 3.23. The fourth-order valence-electron chi connectivity index (χ4n) is 3.23. The van der Waals surface area contributed by atoms with E-state index in [1.165, 1.54) is 30.3 Å². The third-order valence-corrected chi connectivity index (χ3v) is 4.99. The van der Waals surface area contributed by atoms with E-state index in [2.05, 4.69) is 5.32 Å². The summed E-state index contributed by atoms with van der Waals surface area (Å²) >= 11 is 0. The number of aliphatic carboxylic acids is 2. The number of aliphatic hydroxyl groups excluding tert-OH is 2. The number of ether oxygens (including phenoxy) is 3. The van der Waals surface area contributed by atoms with Gasteiger partial charge in [-0.05, 0) is 49.2 Å². The Kier molecular flexibility index (Phi) is 7.26. The largest absolute Gasteiger partial charge is 0.508 e. The second-order valence-electron chi connectivity index (χ2n) is 7.64. The van der Waals surface area contributed by atoms with E-state index in [0.29, 0.717) is 17.7 Å². The lowest BCUT2D eigenvalue weighted by Crippen LogP contribution is -2.54. The second-order valence-corrected chi connectivity index (χ2v) is 7.64.